The molecule has 106 valence electrons. The van der Waals surface area contributed by atoms with Gasteiger partial charge in [-0.15, -0.1) is 0 Å². The van der Waals surface area contributed by atoms with Crippen molar-refractivity contribution in [2.24, 2.45) is 5.41 Å². The van der Waals surface area contributed by atoms with Crippen LogP contribution in [0, 0.1) is 23.7 Å². The first-order valence-electron chi connectivity index (χ1n) is 7.09. The summed E-state index contributed by atoms with van der Waals surface area (Å²) >= 11 is 0. The average molecular weight is 281 g/mol. The van der Waals surface area contributed by atoms with E-state index in [0.717, 1.165) is 49.0 Å². The molecule has 21 heavy (non-hydrogen) atoms. The summed E-state index contributed by atoms with van der Waals surface area (Å²) in [5.74, 6) is -0.100. The molecule has 4 rings (SSSR count). The number of pyridine rings is 1. The summed E-state index contributed by atoms with van der Waals surface area (Å²) in [6.45, 7) is 5.17. The Kier molecular flexibility index (Phi) is 2.48. The number of Topliss-reactive ketones (excluding diaryl/α,β-unsaturated/α-hetero) is 1. The van der Waals surface area contributed by atoms with Gasteiger partial charge in [0.05, 0.1) is 30.0 Å². The van der Waals surface area contributed by atoms with Gasteiger partial charge in [-0.1, -0.05) is 6.07 Å². The van der Waals surface area contributed by atoms with Gasteiger partial charge < -0.3 is 9.64 Å². The molecule has 0 unspecified atom stereocenters. The number of aromatic nitrogens is 1. The summed E-state index contributed by atoms with van der Waals surface area (Å²) in [7, 11) is 0. The van der Waals surface area contributed by atoms with Gasteiger partial charge in [0.25, 0.3) is 0 Å². The van der Waals surface area contributed by atoms with Crippen LogP contribution in [0.3, 0.4) is 0 Å². The molecule has 3 aliphatic rings. The van der Waals surface area contributed by atoms with Crippen LogP contribution >= 0.6 is 0 Å². The Hall–Kier alpha value is -2.19. The van der Waals surface area contributed by atoms with Gasteiger partial charge in [-0.3, -0.25) is 9.78 Å². The Bertz CT molecular complexity index is 718. The molecule has 0 saturated carbocycles. The first-order valence-corrected chi connectivity index (χ1v) is 7.09. The van der Waals surface area contributed by atoms with Crippen LogP contribution in [-0.4, -0.2) is 42.0 Å². The second-order valence-corrected chi connectivity index (χ2v) is 6.24. The highest BCUT2D eigenvalue weighted by Crippen LogP contribution is 2.44. The van der Waals surface area contributed by atoms with E-state index in [1.165, 1.54) is 0 Å². The Morgan fingerprint density at radius 2 is 2.14 bits per heavy atom. The highest BCUT2D eigenvalue weighted by Gasteiger charge is 2.51. The van der Waals surface area contributed by atoms with Crippen molar-refractivity contribution < 1.29 is 9.53 Å². The van der Waals surface area contributed by atoms with Crippen LogP contribution in [0.5, 0.6) is 0 Å². The van der Waals surface area contributed by atoms with Crippen molar-refractivity contribution >= 4 is 11.5 Å². The van der Waals surface area contributed by atoms with E-state index in [9.17, 15) is 10.1 Å². The van der Waals surface area contributed by atoms with Crippen molar-refractivity contribution in [1.29, 1.82) is 5.26 Å². The van der Waals surface area contributed by atoms with Gasteiger partial charge in [-0.25, -0.2) is 0 Å². The lowest BCUT2D eigenvalue weighted by Gasteiger charge is -2.56. The standard InChI is InChI=1S/C16H15N3O2/c1-10-2-3-11-4-13(20)12(5-17)15(14(11)18-10)19-6-16(7-19)8-21-9-16/h2-3H,4,6-9H2,1H3. The quantitative estimate of drug-likeness (QED) is 0.770. The maximum Gasteiger partial charge on any atom is 0.180 e. The summed E-state index contributed by atoms with van der Waals surface area (Å²) in [5.41, 5.74) is 3.85. The van der Waals surface area contributed by atoms with Crippen LogP contribution in [0.4, 0.5) is 0 Å². The molecule has 0 N–H and O–H groups in total. The molecule has 0 aromatic carbocycles. The fourth-order valence-corrected chi connectivity index (χ4v) is 3.36. The summed E-state index contributed by atoms with van der Waals surface area (Å²) in [5, 5.41) is 9.39. The first kappa shape index (κ1) is 12.5. The molecule has 1 aliphatic carbocycles. The molecular formula is C16H15N3O2. The van der Waals surface area contributed by atoms with Crippen LogP contribution in [-0.2, 0) is 16.0 Å². The van der Waals surface area contributed by atoms with Crippen molar-refractivity contribution in [3.05, 3.63) is 34.7 Å². The number of nitrogens with zero attached hydrogens (tertiary/aromatic N) is 3. The number of fused-ring (bicyclic) bond motifs is 1. The third kappa shape index (κ3) is 1.72. The molecule has 2 saturated heterocycles. The summed E-state index contributed by atoms with van der Waals surface area (Å²) < 4.78 is 5.29. The minimum absolute atomic E-state index is 0.100. The monoisotopic (exact) mass is 281 g/mol. The number of hydrogen-bond acceptors (Lipinski definition) is 5. The zero-order chi connectivity index (χ0) is 14.6. The number of aryl methyl sites for hydroxylation is 1. The van der Waals surface area contributed by atoms with Gasteiger partial charge in [0.15, 0.2) is 5.78 Å². The van der Waals surface area contributed by atoms with Crippen LogP contribution in [0.1, 0.15) is 17.0 Å². The Morgan fingerprint density at radius 3 is 2.76 bits per heavy atom. The molecule has 2 aliphatic heterocycles. The third-order valence-corrected chi connectivity index (χ3v) is 4.51. The number of ether oxygens (including phenoxy) is 1. The molecule has 0 amide bonds. The fourth-order valence-electron chi connectivity index (χ4n) is 3.36. The van der Waals surface area contributed by atoms with E-state index in [-0.39, 0.29) is 23.2 Å². The topological polar surface area (TPSA) is 66.2 Å². The lowest BCUT2D eigenvalue weighted by atomic mass is 9.76. The van der Waals surface area contributed by atoms with E-state index in [4.69, 9.17) is 4.74 Å². The molecular weight excluding hydrogens is 266 g/mol. The molecule has 3 heterocycles. The summed E-state index contributed by atoms with van der Waals surface area (Å²) in [6, 6.07) is 5.96. The Morgan fingerprint density at radius 1 is 1.38 bits per heavy atom. The number of rotatable bonds is 1. The molecule has 0 bridgehead atoms. The molecule has 0 radical (unpaired) electrons. The van der Waals surface area contributed by atoms with Crippen molar-refractivity contribution in [3.63, 3.8) is 0 Å². The van der Waals surface area contributed by atoms with E-state index in [0.29, 0.717) is 0 Å². The molecule has 1 spiro atoms. The van der Waals surface area contributed by atoms with Gasteiger partial charge in [-0.2, -0.15) is 5.26 Å². The SMILES string of the molecule is Cc1ccc2c(n1)C(N1CC3(COC3)C1)=C(C#N)C(=O)C2. The highest BCUT2D eigenvalue weighted by molar-refractivity contribution is 6.09. The lowest BCUT2D eigenvalue weighted by Crippen LogP contribution is -2.65. The second-order valence-electron chi connectivity index (χ2n) is 6.24. The van der Waals surface area contributed by atoms with Gasteiger partial charge in [0.1, 0.15) is 11.6 Å². The number of carbonyl (C=O) groups excluding carboxylic acids is 1. The van der Waals surface area contributed by atoms with Crippen molar-refractivity contribution in [3.8, 4) is 6.07 Å². The maximum absolute atomic E-state index is 12.2. The predicted molar refractivity (Wildman–Crippen MR) is 75.0 cm³/mol. The lowest BCUT2D eigenvalue weighted by molar-refractivity contribution is -0.173. The Balaban J connectivity index is 1.79. The summed E-state index contributed by atoms with van der Waals surface area (Å²) in [6.07, 6.45) is 0.275. The zero-order valence-electron chi connectivity index (χ0n) is 11.8. The van der Waals surface area contributed by atoms with Gasteiger partial charge in [-0.05, 0) is 18.6 Å². The van der Waals surface area contributed by atoms with E-state index in [1.807, 2.05) is 19.1 Å². The normalized spacial score (nSPS) is 22.5. The van der Waals surface area contributed by atoms with E-state index in [1.54, 1.807) is 0 Å². The first-order chi connectivity index (χ1) is 10.1. The van der Waals surface area contributed by atoms with Gasteiger partial charge in [0, 0.05) is 25.2 Å². The molecule has 2 fully saturated rings. The number of nitriles is 1. The minimum Gasteiger partial charge on any atom is -0.380 e. The second kappa shape index (κ2) is 4.15. The summed E-state index contributed by atoms with van der Waals surface area (Å²) in [4.78, 5) is 18.9. The van der Waals surface area contributed by atoms with Crippen LogP contribution in [0.15, 0.2) is 17.7 Å². The average Bonchev–Trinajstić information content (AvgIpc) is 2.36. The Labute approximate surface area is 122 Å². The number of allylic oxidation sites excluding steroid dienone is 1. The van der Waals surface area contributed by atoms with Crippen LogP contribution in [0.25, 0.3) is 5.70 Å². The molecule has 5 nitrogen and oxygen atoms in total. The largest absolute Gasteiger partial charge is 0.380 e. The van der Waals surface area contributed by atoms with E-state index >= 15 is 0 Å². The predicted octanol–water partition coefficient (Wildman–Crippen LogP) is 1.08. The van der Waals surface area contributed by atoms with Gasteiger partial charge in [0.2, 0.25) is 0 Å². The molecule has 1 aromatic heterocycles. The van der Waals surface area contributed by atoms with Crippen molar-refractivity contribution in [2.75, 3.05) is 26.3 Å². The third-order valence-electron chi connectivity index (χ3n) is 4.51. The minimum atomic E-state index is -0.100. The number of ketones is 1. The number of likely N-dealkylation sites (tertiary alicyclic amines) is 1. The van der Waals surface area contributed by atoms with Crippen LogP contribution in [0.2, 0.25) is 0 Å². The van der Waals surface area contributed by atoms with Crippen molar-refractivity contribution in [1.82, 2.24) is 9.88 Å². The smallest absolute Gasteiger partial charge is 0.180 e. The fraction of sp³-hybridized carbons (Fsp3) is 0.438. The van der Waals surface area contributed by atoms with Crippen LogP contribution < -0.4 is 0 Å². The number of hydrogen-bond donors (Lipinski definition) is 0. The maximum atomic E-state index is 12.2. The van der Waals surface area contributed by atoms with E-state index < -0.39 is 0 Å². The zero-order valence-corrected chi connectivity index (χ0v) is 11.8. The molecule has 5 heteroatoms. The van der Waals surface area contributed by atoms with Crippen molar-refractivity contribution in [2.45, 2.75) is 13.3 Å². The van der Waals surface area contributed by atoms with E-state index in [2.05, 4.69) is 16.0 Å². The molecule has 0 atom stereocenters. The van der Waals surface area contributed by atoms with Gasteiger partial charge >= 0.3 is 0 Å². The molecule has 1 aromatic rings. The number of carbonyl (C=O) groups is 1. The highest BCUT2D eigenvalue weighted by atomic mass is 16.5.